The molecule has 1 saturated heterocycles. The molecule has 82 valence electrons. The molecular formula is C12H14N4. The van der Waals surface area contributed by atoms with Gasteiger partial charge in [-0.2, -0.15) is 10.3 Å². The summed E-state index contributed by atoms with van der Waals surface area (Å²) in [5.74, 6) is 0.782. The van der Waals surface area contributed by atoms with Gasteiger partial charge in [-0.1, -0.05) is 30.3 Å². The highest BCUT2D eigenvalue weighted by molar-refractivity contribution is 5.99. The Balaban J connectivity index is 2.24. The number of hydrogen-bond donors (Lipinski definition) is 1. The Morgan fingerprint density at radius 2 is 1.94 bits per heavy atom. The zero-order valence-corrected chi connectivity index (χ0v) is 9.06. The van der Waals surface area contributed by atoms with E-state index in [2.05, 4.69) is 15.2 Å². The molecule has 2 rings (SSSR count). The number of amidine groups is 1. The molecule has 0 aromatic heterocycles. The molecule has 1 N–H and O–H groups in total. The first-order valence-electron chi connectivity index (χ1n) is 5.39. The number of nitrogens with zero attached hydrogens (tertiary/aromatic N) is 3. The molecule has 4 nitrogen and oxygen atoms in total. The van der Waals surface area contributed by atoms with Gasteiger partial charge in [0.15, 0.2) is 0 Å². The maximum atomic E-state index is 8.75. The molecule has 0 aliphatic carbocycles. The van der Waals surface area contributed by atoms with E-state index in [1.807, 2.05) is 36.5 Å². The van der Waals surface area contributed by atoms with Gasteiger partial charge in [0.05, 0.1) is 0 Å². The summed E-state index contributed by atoms with van der Waals surface area (Å²) in [6.07, 6.45) is 1.89. The lowest BCUT2D eigenvalue weighted by molar-refractivity contribution is 0.358. The Hall–Kier alpha value is -1.86. The van der Waals surface area contributed by atoms with Crippen LogP contribution in [0.25, 0.3) is 0 Å². The Morgan fingerprint density at radius 1 is 1.25 bits per heavy atom. The molecule has 0 bridgehead atoms. The van der Waals surface area contributed by atoms with E-state index in [0.29, 0.717) is 0 Å². The number of nitriles is 1. The van der Waals surface area contributed by atoms with Gasteiger partial charge in [-0.05, 0) is 0 Å². The van der Waals surface area contributed by atoms with E-state index in [1.54, 1.807) is 0 Å². The molecule has 1 heterocycles. The second-order valence-electron chi connectivity index (χ2n) is 3.64. The summed E-state index contributed by atoms with van der Waals surface area (Å²) in [6.45, 7) is 3.68. The van der Waals surface area contributed by atoms with Crippen LogP contribution in [0.4, 0.5) is 0 Å². The Kier molecular flexibility index (Phi) is 3.52. The topological polar surface area (TPSA) is 51.4 Å². The molecule has 1 aromatic carbocycles. The molecule has 0 amide bonds. The van der Waals surface area contributed by atoms with E-state index >= 15 is 0 Å². The summed E-state index contributed by atoms with van der Waals surface area (Å²) in [5, 5.41) is 12.0. The van der Waals surface area contributed by atoms with Gasteiger partial charge in [-0.3, -0.25) is 0 Å². The van der Waals surface area contributed by atoms with E-state index in [1.165, 1.54) is 0 Å². The summed E-state index contributed by atoms with van der Waals surface area (Å²) in [7, 11) is 0. The van der Waals surface area contributed by atoms with E-state index in [4.69, 9.17) is 5.26 Å². The molecule has 1 aromatic rings. The van der Waals surface area contributed by atoms with Crippen molar-refractivity contribution in [2.45, 2.75) is 0 Å². The average Bonchev–Trinajstić information content (AvgIpc) is 2.38. The Bertz CT molecular complexity index is 399. The smallest absolute Gasteiger partial charge is 0.207 e. The standard InChI is InChI=1S/C12H14N4/c13-10-15-12(11-4-2-1-3-5-11)16-8-6-14-7-9-16/h1-5,14H,6-9H2/b15-12+. The number of piperazine rings is 1. The minimum Gasteiger partial charge on any atom is -0.353 e. The van der Waals surface area contributed by atoms with Crippen molar-refractivity contribution in [2.24, 2.45) is 4.99 Å². The lowest BCUT2D eigenvalue weighted by Gasteiger charge is -2.29. The molecule has 0 unspecified atom stereocenters. The average molecular weight is 214 g/mol. The first-order chi connectivity index (χ1) is 7.92. The number of nitrogens with one attached hydrogen (secondary N) is 1. The maximum Gasteiger partial charge on any atom is 0.207 e. The molecule has 1 aliphatic heterocycles. The molecule has 1 aliphatic rings. The zero-order chi connectivity index (χ0) is 11.2. The normalized spacial score (nSPS) is 16.9. The highest BCUT2D eigenvalue weighted by atomic mass is 15.2. The van der Waals surface area contributed by atoms with E-state index in [9.17, 15) is 0 Å². The third-order valence-corrected chi connectivity index (χ3v) is 2.60. The molecular weight excluding hydrogens is 200 g/mol. The van der Waals surface area contributed by atoms with Crippen LogP contribution in [0.1, 0.15) is 5.56 Å². The number of rotatable bonds is 1. The van der Waals surface area contributed by atoms with Crippen molar-refractivity contribution in [1.29, 1.82) is 5.26 Å². The van der Waals surface area contributed by atoms with Crippen LogP contribution in [0.2, 0.25) is 0 Å². The summed E-state index contributed by atoms with van der Waals surface area (Å²) in [4.78, 5) is 6.09. The summed E-state index contributed by atoms with van der Waals surface area (Å²) in [6, 6.07) is 9.86. The van der Waals surface area contributed by atoms with Crippen molar-refractivity contribution < 1.29 is 0 Å². The van der Waals surface area contributed by atoms with Crippen molar-refractivity contribution in [3.8, 4) is 6.19 Å². The van der Waals surface area contributed by atoms with Gasteiger partial charge >= 0.3 is 0 Å². The maximum absolute atomic E-state index is 8.75. The van der Waals surface area contributed by atoms with Crippen LogP contribution in [-0.2, 0) is 0 Å². The summed E-state index contributed by atoms with van der Waals surface area (Å²) >= 11 is 0. The molecule has 16 heavy (non-hydrogen) atoms. The van der Waals surface area contributed by atoms with Crippen molar-refractivity contribution in [1.82, 2.24) is 10.2 Å². The van der Waals surface area contributed by atoms with Crippen LogP contribution in [0.5, 0.6) is 0 Å². The first-order valence-corrected chi connectivity index (χ1v) is 5.39. The molecule has 0 atom stereocenters. The quantitative estimate of drug-likeness (QED) is 0.428. The molecule has 1 fully saturated rings. The van der Waals surface area contributed by atoms with Gasteiger partial charge < -0.3 is 10.2 Å². The predicted octanol–water partition coefficient (Wildman–Crippen LogP) is 0.819. The van der Waals surface area contributed by atoms with Crippen molar-refractivity contribution >= 4 is 5.84 Å². The monoisotopic (exact) mass is 214 g/mol. The molecule has 4 heteroatoms. The number of hydrogen-bond acceptors (Lipinski definition) is 3. The SMILES string of the molecule is N#C/N=C(\c1ccccc1)N1CCNCC1. The van der Waals surface area contributed by atoms with E-state index < -0.39 is 0 Å². The highest BCUT2D eigenvalue weighted by Gasteiger charge is 2.15. The predicted molar refractivity (Wildman–Crippen MR) is 63.0 cm³/mol. The van der Waals surface area contributed by atoms with Gasteiger partial charge in [-0.25, -0.2) is 0 Å². The van der Waals surface area contributed by atoms with Crippen LogP contribution >= 0.6 is 0 Å². The van der Waals surface area contributed by atoms with Crippen molar-refractivity contribution in [3.05, 3.63) is 35.9 Å². The summed E-state index contributed by atoms with van der Waals surface area (Å²) < 4.78 is 0. The van der Waals surface area contributed by atoms with Crippen LogP contribution in [0.15, 0.2) is 35.3 Å². The van der Waals surface area contributed by atoms with Gasteiger partial charge in [0.2, 0.25) is 6.19 Å². The molecule has 0 spiro atoms. The fourth-order valence-electron chi connectivity index (χ4n) is 1.83. The second-order valence-corrected chi connectivity index (χ2v) is 3.64. The van der Waals surface area contributed by atoms with Crippen LogP contribution < -0.4 is 5.32 Å². The van der Waals surface area contributed by atoms with Crippen LogP contribution in [0.3, 0.4) is 0 Å². The number of aliphatic imine (C=N–C) groups is 1. The third kappa shape index (κ3) is 2.38. The summed E-state index contributed by atoms with van der Waals surface area (Å²) in [5.41, 5.74) is 1.01. The van der Waals surface area contributed by atoms with Crippen LogP contribution in [-0.4, -0.2) is 36.9 Å². The lowest BCUT2D eigenvalue weighted by atomic mass is 10.2. The second kappa shape index (κ2) is 5.29. The fraction of sp³-hybridized carbons (Fsp3) is 0.333. The van der Waals surface area contributed by atoms with Crippen molar-refractivity contribution in [3.63, 3.8) is 0 Å². The fourth-order valence-corrected chi connectivity index (χ4v) is 1.83. The van der Waals surface area contributed by atoms with Crippen LogP contribution in [0, 0.1) is 11.5 Å². The molecule has 0 radical (unpaired) electrons. The number of benzene rings is 1. The lowest BCUT2D eigenvalue weighted by Crippen LogP contribution is -2.46. The van der Waals surface area contributed by atoms with Gasteiger partial charge in [0.25, 0.3) is 0 Å². The third-order valence-electron chi connectivity index (χ3n) is 2.60. The minimum atomic E-state index is 0.782. The van der Waals surface area contributed by atoms with Gasteiger partial charge in [0, 0.05) is 31.7 Å². The highest BCUT2D eigenvalue weighted by Crippen LogP contribution is 2.07. The minimum absolute atomic E-state index is 0.782. The van der Waals surface area contributed by atoms with E-state index in [0.717, 1.165) is 37.6 Å². The first kappa shape index (κ1) is 10.7. The Morgan fingerprint density at radius 3 is 2.56 bits per heavy atom. The van der Waals surface area contributed by atoms with Gasteiger partial charge in [-0.15, -0.1) is 0 Å². The largest absolute Gasteiger partial charge is 0.353 e. The van der Waals surface area contributed by atoms with E-state index in [-0.39, 0.29) is 0 Å². The zero-order valence-electron chi connectivity index (χ0n) is 9.06. The molecule has 0 saturated carbocycles. The van der Waals surface area contributed by atoms with Crippen molar-refractivity contribution in [2.75, 3.05) is 26.2 Å². The Labute approximate surface area is 95.2 Å². The van der Waals surface area contributed by atoms with Gasteiger partial charge in [0.1, 0.15) is 5.84 Å².